The average Bonchev–Trinajstić information content (AvgIpc) is 2.73. The van der Waals surface area contributed by atoms with Crippen LogP contribution in [0.25, 0.3) is 0 Å². The number of carbonyl (C=O) groups is 2. The first-order valence-corrected chi connectivity index (χ1v) is 11.9. The smallest absolute Gasteiger partial charge is 0.242 e. The lowest BCUT2D eigenvalue weighted by molar-refractivity contribution is -0.130. The average molecular weight is 448 g/mol. The van der Waals surface area contributed by atoms with Crippen molar-refractivity contribution in [1.82, 2.24) is 15.4 Å². The zero-order chi connectivity index (χ0) is 22.7. The van der Waals surface area contributed by atoms with Crippen LogP contribution in [0.2, 0.25) is 0 Å². The monoisotopic (exact) mass is 447 g/mol. The minimum Gasteiger partial charge on any atom is -0.375 e. The van der Waals surface area contributed by atoms with Gasteiger partial charge >= 0.3 is 0 Å². The minimum absolute atomic E-state index is 0.179. The molecule has 3 N–H and O–H groups in total. The quantitative estimate of drug-likeness (QED) is 0.449. The molecule has 0 radical (unpaired) electrons. The van der Waals surface area contributed by atoms with E-state index in [2.05, 4.69) is 15.4 Å². The summed E-state index contributed by atoms with van der Waals surface area (Å²) in [6.45, 7) is 2.23. The third-order valence-electron chi connectivity index (χ3n) is 4.34. The van der Waals surface area contributed by atoms with Crippen molar-refractivity contribution in [3.8, 4) is 0 Å². The summed E-state index contributed by atoms with van der Waals surface area (Å²) in [7, 11) is -3.68. The first-order valence-electron chi connectivity index (χ1n) is 9.99. The van der Waals surface area contributed by atoms with Crippen LogP contribution >= 0.6 is 0 Å². The first-order chi connectivity index (χ1) is 14.8. The molecule has 9 heteroatoms. The van der Waals surface area contributed by atoms with Crippen LogP contribution < -0.4 is 15.4 Å². The molecule has 0 aliphatic carbocycles. The van der Waals surface area contributed by atoms with E-state index < -0.39 is 28.0 Å². The van der Waals surface area contributed by atoms with E-state index in [4.69, 9.17) is 4.74 Å². The summed E-state index contributed by atoms with van der Waals surface area (Å²) in [5.41, 5.74) is 1.76. The van der Waals surface area contributed by atoms with Crippen molar-refractivity contribution < 1.29 is 22.7 Å². The van der Waals surface area contributed by atoms with Gasteiger partial charge in [0.15, 0.2) is 0 Å². The molecule has 2 amide bonds. The number of rotatable bonds is 12. The van der Waals surface area contributed by atoms with Gasteiger partial charge in [-0.3, -0.25) is 9.59 Å². The second-order valence-electron chi connectivity index (χ2n) is 7.09. The second-order valence-corrected chi connectivity index (χ2v) is 8.87. The molecule has 2 rings (SSSR count). The summed E-state index contributed by atoms with van der Waals surface area (Å²) in [5.74, 6) is -0.978. The van der Waals surface area contributed by atoms with Crippen LogP contribution in [0.1, 0.15) is 18.1 Å². The van der Waals surface area contributed by atoms with Crippen molar-refractivity contribution in [3.05, 3.63) is 71.8 Å². The van der Waals surface area contributed by atoms with Crippen LogP contribution in [-0.4, -0.2) is 51.7 Å². The highest BCUT2D eigenvalue weighted by atomic mass is 32.2. The second kappa shape index (κ2) is 12.2. The number of carbonyl (C=O) groups excluding carboxylic acids is 2. The maximum atomic E-state index is 12.9. The van der Waals surface area contributed by atoms with Crippen molar-refractivity contribution in [2.45, 2.75) is 32.0 Å². The third-order valence-corrected chi connectivity index (χ3v) is 5.05. The Hall–Kier alpha value is -2.75. The van der Waals surface area contributed by atoms with Gasteiger partial charge in [-0.1, -0.05) is 60.7 Å². The van der Waals surface area contributed by atoms with Crippen molar-refractivity contribution >= 4 is 21.8 Å². The number of nitrogens with one attached hydrogen (secondary N) is 3. The molecule has 0 unspecified atom stereocenters. The maximum Gasteiger partial charge on any atom is 0.242 e. The van der Waals surface area contributed by atoms with Gasteiger partial charge in [0.05, 0.1) is 19.5 Å². The van der Waals surface area contributed by atoms with Crippen LogP contribution in [0.5, 0.6) is 0 Å². The van der Waals surface area contributed by atoms with Gasteiger partial charge < -0.3 is 15.4 Å². The molecule has 0 heterocycles. The van der Waals surface area contributed by atoms with Gasteiger partial charge in [-0.05, 0) is 18.1 Å². The molecule has 0 bridgehead atoms. The van der Waals surface area contributed by atoms with Gasteiger partial charge in [-0.2, -0.15) is 0 Å². The summed E-state index contributed by atoms with van der Waals surface area (Å²) >= 11 is 0. The summed E-state index contributed by atoms with van der Waals surface area (Å²) in [5, 5.41) is 5.36. The number of likely N-dealkylation sites (N-methyl/N-ethyl adjacent to an activating group) is 1. The Morgan fingerprint density at radius 1 is 0.903 bits per heavy atom. The largest absolute Gasteiger partial charge is 0.375 e. The normalized spacial score (nSPS) is 13.2. The van der Waals surface area contributed by atoms with Crippen molar-refractivity contribution in [2.75, 3.05) is 19.4 Å². The van der Waals surface area contributed by atoms with E-state index in [9.17, 15) is 18.0 Å². The van der Waals surface area contributed by atoms with Crippen molar-refractivity contribution in [2.24, 2.45) is 0 Å². The number of sulfonamides is 1. The molecular weight excluding hydrogens is 418 g/mol. The number of benzene rings is 2. The maximum absolute atomic E-state index is 12.9. The predicted octanol–water partition coefficient (Wildman–Crippen LogP) is 0.985. The molecular formula is C22H29N3O5S. The first kappa shape index (κ1) is 24.5. The fourth-order valence-corrected chi connectivity index (χ4v) is 3.61. The van der Waals surface area contributed by atoms with Gasteiger partial charge in [-0.15, -0.1) is 0 Å². The highest BCUT2D eigenvalue weighted by Gasteiger charge is 2.27. The summed E-state index contributed by atoms with van der Waals surface area (Å²) in [6.07, 6.45) is 1.24. The van der Waals surface area contributed by atoms with Crippen LogP contribution in [-0.2, 0) is 37.4 Å². The van der Waals surface area contributed by atoms with E-state index in [0.717, 1.165) is 17.4 Å². The van der Waals surface area contributed by atoms with E-state index in [-0.39, 0.29) is 25.5 Å². The molecule has 0 fully saturated rings. The van der Waals surface area contributed by atoms with Crippen LogP contribution in [0.3, 0.4) is 0 Å². The number of ether oxygens (including phenoxy) is 1. The molecule has 0 aliphatic rings. The summed E-state index contributed by atoms with van der Waals surface area (Å²) in [4.78, 5) is 25.4. The lowest BCUT2D eigenvalue weighted by Crippen LogP contribution is -2.55. The van der Waals surface area contributed by atoms with E-state index >= 15 is 0 Å². The van der Waals surface area contributed by atoms with E-state index in [1.807, 2.05) is 60.7 Å². The molecule has 2 aromatic rings. The Labute approximate surface area is 183 Å². The minimum atomic E-state index is -3.68. The van der Waals surface area contributed by atoms with E-state index in [1.165, 1.54) is 0 Å². The van der Waals surface area contributed by atoms with E-state index in [1.54, 1.807) is 6.92 Å². The molecule has 0 aliphatic heterocycles. The molecule has 0 aromatic heterocycles. The standard InChI is InChI=1S/C22H29N3O5S/c1-3-23-21(26)19(14-17-10-6-4-7-11-17)24-22(27)20(25-31(2,28)29)16-30-15-18-12-8-5-9-13-18/h4-13,19-20,25H,3,14-16H2,1-2H3,(H,23,26)(H,24,27)/t19-,20+/m0/s1. The number of amides is 2. The Kier molecular flexibility index (Phi) is 9.64. The van der Waals surface area contributed by atoms with Gasteiger partial charge in [0.25, 0.3) is 0 Å². The van der Waals surface area contributed by atoms with E-state index in [0.29, 0.717) is 6.54 Å². The molecule has 2 aromatic carbocycles. The fraction of sp³-hybridized carbons (Fsp3) is 0.364. The third kappa shape index (κ3) is 9.29. The predicted molar refractivity (Wildman–Crippen MR) is 119 cm³/mol. The van der Waals surface area contributed by atoms with Gasteiger partial charge in [-0.25, -0.2) is 13.1 Å². The zero-order valence-corrected chi connectivity index (χ0v) is 18.5. The lowest BCUT2D eigenvalue weighted by Gasteiger charge is -2.22. The van der Waals surface area contributed by atoms with Crippen molar-refractivity contribution in [3.63, 3.8) is 0 Å². The fourth-order valence-electron chi connectivity index (χ4n) is 2.92. The van der Waals surface area contributed by atoms with Crippen LogP contribution in [0.15, 0.2) is 60.7 Å². The molecule has 0 spiro atoms. The van der Waals surface area contributed by atoms with Gasteiger partial charge in [0, 0.05) is 13.0 Å². The molecule has 31 heavy (non-hydrogen) atoms. The lowest BCUT2D eigenvalue weighted by atomic mass is 10.0. The summed E-state index contributed by atoms with van der Waals surface area (Å²) in [6, 6.07) is 16.6. The summed E-state index contributed by atoms with van der Waals surface area (Å²) < 4.78 is 31.4. The molecule has 168 valence electrons. The molecule has 0 saturated carbocycles. The number of hydrogen-bond donors (Lipinski definition) is 3. The Bertz CT molecular complexity index is 936. The topological polar surface area (TPSA) is 114 Å². The Morgan fingerprint density at radius 3 is 2.03 bits per heavy atom. The van der Waals surface area contributed by atoms with Gasteiger partial charge in [0.2, 0.25) is 21.8 Å². The van der Waals surface area contributed by atoms with Crippen molar-refractivity contribution in [1.29, 1.82) is 0 Å². The molecule has 2 atom stereocenters. The Balaban J connectivity index is 2.08. The number of hydrogen-bond acceptors (Lipinski definition) is 5. The van der Waals surface area contributed by atoms with Crippen LogP contribution in [0.4, 0.5) is 0 Å². The Morgan fingerprint density at radius 2 is 1.48 bits per heavy atom. The molecule has 8 nitrogen and oxygen atoms in total. The highest BCUT2D eigenvalue weighted by Crippen LogP contribution is 2.05. The van der Waals surface area contributed by atoms with Crippen LogP contribution in [0, 0.1) is 0 Å². The molecule has 0 saturated heterocycles. The highest BCUT2D eigenvalue weighted by molar-refractivity contribution is 7.88. The zero-order valence-electron chi connectivity index (χ0n) is 17.7. The SMILES string of the molecule is CCNC(=O)[C@H](Cc1ccccc1)NC(=O)[C@@H](COCc1ccccc1)NS(C)(=O)=O. The van der Waals surface area contributed by atoms with Gasteiger partial charge in [0.1, 0.15) is 12.1 Å².